The van der Waals surface area contributed by atoms with E-state index in [1.54, 1.807) is 24.3 Å². The van der Waals surface area contributed by atoms with Crippen LogP contribution in [0.15, 0.2) is 30.3 Å². The standard InChI is InChI=1S/C8H8O2.Ag/c1-10-8(9)7-5-3-2-4-6-7;/h2-6H,1H3;. The molecular weight excluding hydrogens is 236 g/mol. The van der Waals surface area contributed by atoms with E-state index in [1.807, 2.05) is 6.07 Å². The molecule has 1 aromatic carbocycles. The Kier molecular flexibility index (Phi) is 4.86. The Morgan fingerprint density at radius 1 is 1.27 bits per heavy atom. The zero-order valence-electron chi connectivity index (χ0n) is 6.00. The van der Waals surface area contributed by atoms with Gasteiger partial charge in [-0.25, -0.2) is 4.79 Å². The van der Waals surface area contributed by atoms with Gasteiger partial charge < -0.3 is 4.74 Å². The first-order chi connectivity index (χ1) is 4.84. The van der Waals surface area contributed by atoms with Gasteiger partial charge in [-0.1, -0.05) is 18.2 Å². The number of rotatable bonds is 1. The minimum absolute atomic E-state index is 0. The summed E-state index contributed by atoms with van der Waals surface area (Å²) in [4.78, 5) is 10.8. The Labute approximate surface area is 81.1 Å². The molecule has 0 aliphatic rings. The molecule has 1 rings (SSSR count). The van der Waals surface area contributed by atoms with Crippen LogP contribution < -0.4 is 0 Å². The molecule has 0 aliphatic heterocycles. The van der Waals surface area contributed by atoms with Crippen LogP contribution in [0.3, 0.4) is 0 Å². The van der Waals surface area contributed by atoms with Gasteiger partial charge in [0.1, 0.15) is 0 Å². The molecule has 0 saturated carbocycles. The van der Waals surface area contributed by atoms with Gasteiger partial charge in [0.15, 0.2) is 0 Å². The molecule has 0 aliphatic carbocycles. The topological polar surface area (TPSA) is 26.3 Å². The molecule has 1 aromatic rings. The second-order valence-corrected chi connectivity index (χ2v) is 1.86. The molecule has 0 saturated heterocycles. The van der Waals surface area contributed by atoms with Gasteiger partial charge in [0.25, 0.3) is 0 Å². The summed E-state index contributed by atoms with van der Waals surface area (Å²) in [6.07, 6.45) is 0. The first kappa shape index (κ1) is 10.4. The first-order valence-corrected chi connectivity index (χ1v) is 2.98. The summed E-state index contributed by atoms with van der Waals surface area (Å²) < 4.78 is 4.50. The van der Waals surface area contributed by atoms with E-state index in [0.717, 1.165) is 0 Å². The van der Waals surface area contributed by atoms with Crippen LogP contribution in [0.25, 0.3) is 0 Å². The Morgan fingerprint density at radius 2 is 1.82 bits per heavy atom. The minimum Gasteiger partial charge on any atom is -0.465 e. The second-order valence-electron chi connectivity index (χ2n) is 1.86. The number of carbonyl (C=O) groups is 1. The maximum atomic E-state index is 10.8. The van der Waals surface area contributed by atoms with E-state index in [1.165, 1.54) is 7.11 Å². The van der Waals surface area contributed by atoms with Crippen LogP contribution in [-0.4, -0.2) is 13.1 Å². The van der Waals surface area contributed by atoms with E-state index in [4.69, 9.17) is 0 Å². The van der Waals surface area contributed by atoms with Gasteiger partial charge in [0.05, 0.1) is 12.7 Å². The van der Waals surface area contributed by atoms with Crippen molar-refractivity contribution in [3.63, 3.8) is 0 Å². The average molecular weight is 244 g/mol. The molecule has 0 heterocycles. The van der Waals surface area contributed by atoms with Crippen molar-refractivity contribution in [3.8, 4) is 0 Å². The maximum Gasteiger partial charge on any atom is 0.337 e. The Hall–Kier alpha value is -0.570. The van der Waals surface area contributed by atoms with Crippen molar-refractivity contribution < 1.29 is 31.9 Å². The van der Waals surface area contributed by atoms with Crippen molar-refractivity contribution in [1.82, 2.24) is 0 Å². The van der Waals surface area contributed by atoms with E-state index < -0.39 is 0 Å². The molecule has 0 fully saturated rings. The van der Waals surface area contributed by atoms with E-state index in [9.17, 15) is 4.79 Å². The van der Waals surface area contributed by atoms with Crippen LogP contribution >= 0.6 is 0 Å². The first-order valence-electron chi connectivity index (χ1n) is 2.98. The van der Waals surface area contributed by atoms with Gasteiger partial charge in [-0.05, 0) is 12.1 Å². The van der Waals surface area contributed by atoms with Crippen molar-refractivity contribution in [3.05, 3.63) is 35.9 Å². The molecule has 0 N–H and O–H groups in total. The SMILES string of the molecule is COC(=O)c1ccccc1.[Ag]. The van der Waals surface area contributed by atoms with Gasteiger partial charge >= 0.3 is 5.97 Å². The summed E-state index contributed by atoms with van der Waals surface area (Å²) in [5, 5.41) is 0. The zero-order valence-corrected chi connectivity index (χ0v) is 7.49. The summed E-state index contributed by atoms with van der Waals surface area (Å²) in [6.45, 7) is 0. The fourth-order valence-electron chi connectivity index (χ4n) is 0.692. The van der Waals surface area contributed by atoms with Gasteiger partial charge in [-0.3, -0.25) is 0 Å². The fourth-order valence-corrected chi connectivity index (χ4v) is 0.692. The zero-order chi connectivity index (χ0) is 7.40. The van der Waals surface area contributed by atoms with Crippen molar-refractivity contribution in [2.24, 2.45) is 0 Å². The molecule has 11 heavy (non-hydrogen) atoms. The van der Waals surface area contributed by atoms with Crippen molar-refractivity contribution >= 4 is 5.97 Å². The minimum atomic E-state index is -0.291. The van der Waals surface area contributed by atoms with E-state index in [2.05, 4.69) is 4.74 Å². The van der Waals surface area contributed by atoms with Crippen molar-refractivity contribution in [2.75, 3.05) is 7.11 Å². The molecule has 0 amide bonds. The van der Waals surface area contributed by atoms with Gasteiger partial charge in [0.2, 0.25) is 0 Å². The monoisotopic (exact) mass is 243 g/mol. The molecule has 0 bridgehead atoms. The van der Waals surface area contributed by atoms with Crippen LogP contribution in [0, 0.1) is 0 Å². The predicted octanol–water partition coefficient (Wildman–Crippen LogP) is 1.47. The van der Waals surface area contributed by atoms with Crippen LogP contribution in [0.5, 0.6) is 0 Å². The molecule has 63 valence electrons. The smallest absolute Gasteiger partial charge is 0.337 e. The van der Waals surface area contributed by atoms with Crippen LogP contribution in [-0.2, 0) is 27.1 Å². The molecule has 0 spiro atoms. The van der Waals surface area contributed by atoms with E-state index in [0.29, 0.717) is 5.56 Å². The second kappa shape index (κ2) is 5.13. The third-order valence-corrected chi connectivity index (χ3v) is 1.19. The Balaban J connectivity index is 0.000001000. The van der Waals surface area contributed by atoms with E-state index in [-0.39, 0.29) is 28.3 Å². The summed E-state index contributed by atoms with van der Waals surface area (Å²) in [5.41, 5.74) is 0.588. The Morgan fingerprint density at radius 3 is 2.27 bits per heavy atom. The normalized spacial score (nSPS) is 8.09. The molecule has 0 atom stereocenters. The summed E-state index contributed by atoms with van der Waals surface area (Å²) in [5.74, 6) is -0.291. The molecule has 0 aromatic heterocycles. The number of carbonyl (C=O) groups excluding carboxylic acids is 1. The third kappa shape index (κ3) is 2.89. The van der Waals surface area contributed by atoms with Crippen LogP contribution in [0.1, 0.15) is 10.4 Å². The van der Waals surface area contributed by atoms with Crippen LogP contribution in [0.4, 0.5) is 0 Å². The molecule has 0 unspecified atom stereocenters. The number of hydrogen-bond acceptors (Lipinski definition) is 2. The van der Waals surface area contributed by atoms with Crippen molar-refractivity contribution in [2.45, 2.75) is 0 Å². The molecule has 3 heteroatoms. The number of ether oxygens (including phenoxy) is 1. The molecule has 2 nitrogen and oxygen atoms in total. The summed E-state index contributed by atoms with van der Waals surface area (Å²) in [7, 11) is 1.37. The predicted molar refractivity (Wildman–Crippen MR) is 37.8 cm³/mol. The summed E-state index contributed by atoms with van der Waals surface area (Å²) in [6, 6.07) is 8.88. The van der Waals surface area contributed by atoms with Gasteiger partial charge in [-0.2, -0.15) is 0 Å². The number of methoxy groups -OCH3 is 1. The van der Waals surface area contributed by atoms with Gasteiger partial charge in [-0.15, -0.1) is 0 Å². The van der Waals surface area contributed by atoms with Gasteiger partial charge in [0, 0.05) is 22.4 Å². The van der Waals surface area contributed by atoms with Crippen LogP contribution in [0.2, 0.25) is 0 Å². The maximum absolute atomic E-state index is 10.8. The summed E-state index contributed by atoms with van der Waals surface area (Å²) >= 11 is 0. The van der Waals surface area contributed by atoms with E-state index >= 15 is 0 Å². The number of hydrogen-bond donors (Lipinski definition) is 0. The average Bonchev–Trinajstić information content (AvgIpc) is 2.05. The molecular formula is C8H8AgO2. The third-order valence-electron chi connectivity index (χ3n) is 1.19. The van der Waals surface area contributed by atoms with Crippen molar-refractivity contribution in [1.29, 1.82) is 0 Å². The largest absolute Gasteiger partial charge is 0.465 e. The number of esters is 1. The number of benzene rings is 1. The fraction of sp³-hybridized carbons (Fsp3) is 0.125. The Bertz CT molecular complexity index is 221. The quantitative estimate of drug-likeness (QED) is 0.552. The molecule has 1 radical (unpaired) electrons.